The second kappa shape index (κ2) is 21.5. The van der Waals surface area contributed by atoms with Crippen LogP contribution in [0.15, 0.2) is 0 Å². The Morgan fingerprint density at radius 3 is 1.52 bits per heavy atom. The van der Waals surface area contributed by atoms with Crippen LogP contribution in [0.1, 0.15) is 108 Å². The van der Waals surface area contributed by atoms with Crippen LogP contribution >= 0.6 is 0 Å². The van der Waals surface area contributed by atoms with Crippen LogP contribution in [0, 0.1) is 10.8 Å². The number of hydrogen-bond donors (Lipinski definition) is 0. The summed E-state index contributed by atoms with van der Waals surface area (Å²) >= 11 is 0. The molecule has 1 fully saturated rings. The average Bonchev–Trinajstić information content (AvgIpc) is 2.91. The van der Waals surface area contributed by atoms with Gasteiger partial charge < -0.3 is 18.9 Å². The maximum absolute atomic E-state index is 12.9. The number of rotatable bonds is 15. The van der Waals surface area contributed by atoms with E-state index in [4.69, 9.17) is 18.9 Å². The third kappa shape index (κ3) is 14.8. The number of hydrogen-bond acceptors (Lipinski definition) is 10. The topological polar surface area (TPSA) is 112 Å². The first kappa shape index (κ1) is 41.9. The Balaban J connectivity index is 0. The summed E-state index contributed by atoms with van der Waals surface area (Å²) in [6, 6.07) is -1.54. The highest BCUT2D eigenvalue weighted by Gasteiger charge is 2.46. The minimum atomic E-state index is -0.761. The molecule has 0 radical (unpaired) electrons. The second-order valence-electron chi connectivity index (χ2n) is 11.3. The summed E-state index contributed by atoms with van der Waals surface area (Å²) < 4.78 is 20.8. The lowest BCUT2D eigenvalue weighted by molar-refractivity contribution is -0.158. The summed E-state index contributed by atoms with van der Waals surface area (Å²) in [5.74, 6) is -1.78. The van der Waals surface area contributed by atoms with Crippen molar-refractivity contribution in [3.05, 3.63) is 0 Å². The number of likely N-dealkylation sites (N-methyl/N-ethyl adjacent to an activating group) is 2. The second-order valence-corrected chi connectivity index (χ2v) is 11.3. The largest absolute Gasteiger partial charge is 0.466 e. The molecule has 0 aromatic carbocycles. The molecule has 4 atom stereocenters. The molecule has 1 aliphatic carbocycles. The fraction of sp³-hybridized carbons (Fsp3) is 0.875. The van der Waals surface area contributed by atoms with Gasteiger partial charge in [0.25, 0.3) is 0 Å². The monoisotopic (exact) mass is 602 g/mol. The predicted octanol–water partition coefficient (Wildman–Crippen LogP) is 5.26. The zero-order chi connectivity index (χ0) is 33.1. The molecule has 0 N–H and O–H groups in total. The number of carbonyl (C=O) groups excluding carboxylic acids is 4. The van der Waals surface area contributed by atoms with Gasteiger partial charge in [-0.05, 0) is 71.9 Å². The highest BCUT2D eigenvalue weighted by molar-refractivity contribution is 5.83. The molecule has 0 amide bonds. The summed E-state index contributed by atoms with van der Waals surface area (Å²) in [5, 5.41) is 0. The van der Waals surface area contributed by atoms with E-state index in [9.17, 15) is 19.2 Å². The van der Waals surface area contributed by atoms with Gasteiger partial charge in [0, 0.05) is 12.6 Å². The third-order valence-corrected chi connectivity index (χ3v) is 7.10. The van der Waals surface area contributed by atoms with E-state index < -0.39 is 36.0 Å². The van der Waals surface area contributed by atoms with Crippen LogP contribution in [0.5, 0.6) is 0 Å². The molecule has 0 aromatic heterocycles. The lowest BCUT2D eigenvalue weighted by atomic mass is 9.62. The summed E-state index contributed by atoms with van der Waals surface area (Å²) in [6.07, 6.45) is 2.26. The van der Waals surface area contributed by atoms with Crippen molar-refractivity contribution in [2.75, 3.05) is 47.1 Å². The number of nitrogens with zero attached hydrogens (tertiary/aromatic N) is 2. The van der Waals surface area contributed by atoms with Crippen molar-refractivity contribution in [1.29, 1.82) is 0 Å². The zero-order valence-corrected chi connectivity index (χ0v) is 29.0. The van der Waals surface area contributed by atoms with Gasteiger partial charge in [0.1, 0.15) is 12.1 Å². The first-order chi connectivity index (χ1) is 19.7. The maximum atomic E-state index is 12.9. The predicted molar refractivity (Wildman–Crippen MR) is 166 cm³/mol. The van der Waals surface area contributed by atoms with Gasteiger partial charge in [0.15, 0.2) is 0 Å². The quantitative estimate of drug-likeness (QED) is 0.182. The van der Waals surface area contributed by atoms with E-state index in [2.05, 4.69) is 20.8 Å². The summed E-state index contributed by atoms with van der Waals surface area (Å²) in [4.78, 5) is 54.1. The van der Waals surface area contributed by atoms with Gasteiger partial charge in [-0.3, -0.25) is 29.0 Å². The van der Waals surface area contributed by atoms with Crippen LogP contribution in [0.4, 0.5) is 0 Å². The molecule has 0 aliphatic heterocycles. The number of ether oxygens (including phenoxy) is 4. The van der Waals surface area contributed by atoms with Gasteiger partial charge in [-0.1, -0.05) is 48.5 Å². The van der Waals surface area contributed by atoms with Crippen molar-refractivity contribution in [3.8, 4) is 0 Å². The van der Waals surface area contributed by atoms with Crippen LogP contribution in [-0.2, 0) is 38.1 Å². The van der Waals surface area contributed by atoms with Crippen LogP contribution in [0.3, 0.4) is 0 Å². The number of esters is 4. The minimum Gasteiger partial charge on any atom is -0.466 e. The average molecular weight is 603 g/mol. The lowest BCUT2D eigenvalue weighted by Crippen LogP contribution is -2.55. The van der Waals surface area contributed by atoms with Gasteiger partial charge in [0.2, 0.25) is 0 Å². The van der Waals surface area contributed by atoms with Crippen molar-refractivity contribution in [1.82, 2.24) is 9.80 Å². The highest BCUT2D eigenvalue weighted by atomic mass is 16.5. The smallest absolute Gasteiger partial charge is 0.323 e. The molecule has 0 aromatic rings. The Hall–Kier alpha value is -2.20. The van der Waals surface area contributed by atoms with Crippen LogP contribution in [-0.4, -0.2) is 98.9 Å². The molecule has 4 unspecified atom stereocenters. The van der Waals surface area contributed by atoms with Crippen molar-refractivity contribution in [2.24, 2.45) is 10.8 Å². The van der Waals surface area contributed by atoms with E-state index in [1.54, 1.807) is 27.7 Å². The summed E-state index contributed by atoms with van der Waals surface area (Å²) in [7, 11) is 3.69. The third-order valence-electron chi connectivity index (χ3n) is 7.10. The van der Waals surface area contributed by atoms with E-state index >= 15 is 0 Å². The summed E-state index contributed by atoms with van der Waals surface area (Å²) in [6.45, 7) is 23.0. The molecule has 248 valence electrons. The van der Waals surface area contributed by atoms with Crippen LogP contribution in [0.25, 0.3) is 0 Å². The Kier molecular flexibility index (Phi) is 21.4. The zero-order valence-electron chi connectivity index (χ0n) is 29.0. The molecule has 0 spiro atoms. The van der Waals surface area contributed by atoms with Gasteiger partial charge in [-0.2, -0.15) is 0 Å². The fourth-order valence-corrected chi connectivity index (χ4v) is 6.00. The molecule has 1 rings (SSSR count). The normalized spacial score (nSPS) is 20.6. The van der Waals surface area contributed by atoms with Gasteiger partial charge in [0.05, 0.1) is 39.3 Å². The highest BCUT2D eigenvalue weighted by Crippen LogP contribution is 2.48. The van der Waals surface area contributed by atoms with Crippen molar-refractivity contribution < 1.29 is 38.1 Å². The molecule has 0 saturated heterocycles. The van der Waals surface area contributed by atoms with Gasteiger partial charge in [-0.15, -0.1) is 0 Å². The van der Waals surface area contributed by atoms with E-state index in [1.165, 1.54) is 0 Å². The van der Waals surface area contributed by atoms with Gasteiger partial charge >= 0.3 is 23.9 Å². The molecule has 0 bridgehead atoms. The van der Waals surface area contributed by atoms with Crippen molar-refractivity contribution >= 4 is 23.9 Å². The molecular weight excluding hydrogens is 540 g/mol. The fourth-order valence-electron chi connectivity index (χ4n) is 6.00. The van der Waals surface area contributed by atoms with Crippen LogP contribution in [0.2, 0.25) is 0 Å². The van der Waals surface area contributed by atoms with E-state index in [1.807, 2.05) is 51.6 Å². The molecular formula is C32H62N2O8. The molecule has 42 heavy (non-hydrogen) atoms. The number of carbonyl (C=O) groups is 4. The Morgan fingerprint density at radius 1 is 0.690 bits per heavy atom. The van der Waals surface area contributed by atoms with Crippen LogP contribution < -0.4 is 0 Å². The van der Waals surface area contributed by atoms with Gasteiger partial charge in [-0.25, -0.2) is 0 Å². The lowest BCUT2D eigenvalue weighted by Gasteiger charge is -2.51. The van der Waals surface area contributed by atoms with Crippen molar-refractivity contribution in [2.45, 2.75) is 126 Å². The van der Waals surface area contributed by atoms with Crippen molar-refractivity contribution in [3.63, 3.8) is 0 Å². The maximum Gasteiger partial charge on any atom is 0.323 e. The minimum absolute atomic E-state index is 0.0212. The summed E-state index contributed by atoms with van der Waals surface area (Å²) in [5.41, 5.74) is -0.325. The standard InChI is InChI=1S/C28H50N2O8.2C2H6/c1-10-35-23(31)14-21(25(33)37-12-3)29(8)19-28(7)17-20(16-27(5,6)18-28)30(9)22(26(34)38-13-4)15-24(32)36-11-2;2*1-2/h20-22H,10-19H2,1-9H3;2*1-2H3. The first-order valence-corrected chi connectivity index (χ1v) is 15.8. The molecule has 1 saturated carbocycles. The first-order valence-electron chi connectivity index (χ1n) is 15.8. The molecule has 1 aliphatic rings. The Bertz CT molecular complexity index is 803. The Labute approximate surface area is 256 Å². The molecule has 0 heterocycles. The molecule has 10 nitrogen and oxygen atoms in total. The van der Waals surface area contributed by atoms with E-state index in [-0.39, 0.29) is 56.1 Å². The molecule has 10 heteroatoms. The van der Waals surface area contributed by atoms with E-state index in [0.29, 0.717) is 6.54 Å². The Morgan fingerprint density at radius 2 is 1.10 bits per heavy atom. The SMILES string of the molecule is CC.CC.CCOC(=O)CC(C(=O)OCC)N(C)CC1(C)CC(N(C)C(CC(=O)OCC)C(=O)OCC)CC(C)(C)C1. The van der Waals surface area contributed by atoms with E-state index in [0.717, 1.165) is 19.3 Å².